The lowest BCUT2D eigenvalue weighted by Crippen LogP contribution is -2.45. The van der Waals surface area contributed by atoms with E-state index in [0.29, 0.717) is 11.6 Å². The lowest BCUT2D eigenvalue weighted by molar-refractivity contribution is 0.1000. The van der Waals surface area contributed by atoms with Crippen LogP contribution in [0.4, 0.5) is 5.82 Å². The van der Waals surface area contributed by atoms with Crippen molar-refractivity contribution in [3.05, 3.63) is 53.7 Å². The number of hydrogen-bond donors (Lipinski definition) is 2. The molecule has 2 heterocycles. The molecule has 1 aromatic heterocycles. The molecule has 3 N–H and O–H groups in total. The van der Waals surface area contributed by atoms with Gasteiger partial charge in [-0.3, -0.25) is 4.79 Å². The maximum Gasteiger partial charge on any atom is 0.248 e. The van der Waals surface area contributed by atoms with Crippen LogP contribution < -0.4 is 16.0 Å². The van der Waals surface area contributed by atoms with E-state index in [4.69, 9.17) is 5.73 Å². The summed E-state index contributed by atoms with van der Waals surface area (Å²) in [6.07, 6.45) is 3.94. The van der Waals surface area contributed by atoms with E-state index in [2.05, 4.69) is 20.4 Å². The molecule has 1 saturated heterocycles. The molecule has 6 nitrogen and oxygen atoms in total. The molecule has 23 heavy (non-hydrogen) atoms. The molecule has 1 amide bonds. The fourth-order valence-corrected chi connectivity index (χ4v) is 2.91. The minimum Gasteiger partial charge on any atom is -0.366 e. The first-order valence-corrected chi connectivity index (χ1v) is 7.87. The van der Waals surface area contributed by atoms with Crippen molar-refractivity contribution in [1.29, 1.82) is 0 Å². The summed E-state index contributed by atoms with van der Waals surface area (Å²) in [6.45, 7) is 2.64. The van der Waals surface area contributed by atoms with Gasteiger partial charge in [-0.15, -0.1) is 5.10 Å². The van der Waals surface area contributed by atoms with Gasteiger partial charge in [0.05, 0.1) is 0 Å². The molecule has 0 saturated carbocycles. The molecule has 1 fully saturated rings. The molecule has 0 bridgehead atoms. The average Bonchev–Trinajstić information content (AvgIpc) is 2.61. The van der Waals surface area contributed by atoms with Crippen molar-refractivity contribution in [2.45, 2.75) is 25.4 Å². The van der Waals surface area contributed by atoms with Gasteiger partial charge in [0.1, 0.15) is 0 Å². The molecule has 1 atom stereocenters. The number of nitrogens with zero attached hydrogens (tertiary/aromatic N) is 3. The molecule has 0 unspecified atom stereocenters. The van der Waals surface area contributed by atoms with E-state index in [1.54, 1.807) is 12.3 Å². The van der Waals surface area contributed by atoms with E-state index in [0.717, 1.165) is 43.9 Å². The first-order chi connectivity index (χ1) is 11.2. The van der Waals surface area contributed by atoms with E-state index in [1.807, 2.05) is 30.3 Å². The van der Waals surface area contributed by atoms with Gasteiger partial charge in [0.25, 0.3) is 0 Å². The SMILES string of the molecule is NC(=O)c1cccc(CN[C@@H]2CCCN(c3cccnn3)C2)c1. The second kappa shape index (κ2) is 7.19. The number of carbonyl (C=O) groups is 1. The highest BCUT2D eigenvalue weighted by molar-refractivity contribution is 5.92. The van der Waals surface area contributed by atoms with Crippen LogP contribution in [-0.2, 0) is 6.54 Å². The molecule has 0 radical (unpaired) electrons. The zero-order valence-electron chi connectivity index (χ0n) is 13.0. The standard InChI is InChI=1S/C17H21N5O/c18-17(23)14-5-1-4-13(10-14)11-19-15-6-3-9-22(12-15)16-7-2-8-20-21-16/h1-2,4-5,7-8,10,15,19H,3,6,9,11-12H2,(H2,18,23)/t15-/m1/s1. The number of nitrogens with one attached hydrogen (secondary N) is 1. The minimum absolute atomic E-state index is 0.390. The zero-order valence-corrected chi connectivity index (χ0v) is 13.0. The number of hydrogen-bond acceptors (Lipinski definition) is 5. The summed E-state index contributed by atoms with van der Waals surface area (Å²) in [5.41, 5.74) is 6.94. The summed E-state index contributed by atoms with van der Waals surface area (Å²) >= 11 is 0. The molecule has 0 spiro atoms. The number of amides is 1. The van der Waals surface area contributed by atoms with Crippen LogP contribution in [0.25, 0.3) is 0 Å². The average molecular weight is 311 g/mol. The Balaban J connectivity index is 1.58. The Bertz CT molecular complexity index is 661. The van der Waals surface area contributed by atoms with Gasteiger partial charge in [-0.25, -0.2) is 0 Å². The highest BCUT2D eigenvalue weighted by Crippen LogP contribution is 2.17. The smallest absolute Gasteiger partial charge is 0.248 e. The van der Waals surface area contributed by atoms with Crippen LogP contribution in [0.2, 0.25) is 0 Å². The summed E-state index contributed by atoms with van der Waals surface area (Å²) < 4.78 is 0. The van der Waals surface area contributed by atoms with Crippen LogP contribution in [0.1, 0.15) is 28.8 Å². The normalized spacial score (nSPS) is 17.9. The first kappa shape index (κ1) is 15.4. The fourth-order valence-electron chi connectivity index (χ4n) is 2.91. The molecular weight excluding hydrogens is 290 g/mol. The molecule has 6 heteroatoms. The predicted molar refractivity (Wildman–Crippen MR) is 89.1 cm³/mol. The van der Waals surface area contributed by atoms with Crippen LogP contribution >= 0.6 is 0 Å². The van der Waals surface area contributed by atoms with Crippen molar-refractivity contribution in [1.82, 2.24) is 15.5 Å². The van der Waals surface area contributed by atoms with Crippen LogP contribution in [0.15, 0.2) is 42.6 Å². The third-order valence-corrected chi connectivity index (χ3v) is 4.11. The summed E-state index contributed by atoms with van der Waals surface area (Å²) in [5, 5.41) is 11.7. The van der Waals surface area contributed by atoms with E-state index in [9.17, 15) is 4.79 Å². The van der Waals surface area contributed by atoms with Crippen molar-refractivity contribution in [3.63, 3.8) is 0 Å². The molecule has 1 aromatic carbocycles. The van der Waals surface area contributed by atoms with Crippen molar-refractivity contribution >= 4 is 11.7 Å². The number of piperidine rings is 1. The van der Waals surface area contributed by atoms with E-state index in [-0.39, 0.29) is 0 Å². The summed E-state index contributed by atoms with van der Waals surface area (Å²) in [6, 6.07) is 11.7. The van der Waals surface area contributed by atoms with Gasteiger partial charge in [-0.2, -0.15) is 5.10 Å². The number of carbonyl (C=O) groups excluding carboxylic acids is 1. The Morgan fingerprint density at radius 3 is 3.04 bits per heavy atom. The predicted octanol–water partition coefficient (Wildman–Crippen LogP) is 1.33. The number of aromatic nitrogens is 2. The maximum atomic E-state index is 11.2. The summed E-state index contributed by atoms with van der Waals surface area (Å²) in [5.74, 6) is 0.535. The lowest BCUT2D eigenvalue weighted by atomic mass is 10.0. The molecular formula is C17H21N5O. The third-order valence-electron chi connectivity index (χ3n) is 4.11. The highest BCUT2D eigenvalue weighted by Gasteiger charge is 2.20. The zero-order chi connectivity index (χ0) is 16.1. The molecule has 0 aliphatic carbocycles. The van der Waals surface area contributed by atoms with Crippen LogP contribution in [-0.4, -0.2) is 35.2 Å². The Hall–Kier alpha value is -2.47. The lowest BCUT2D eigenvalue weighted by Gasteiger charge is -2.33. The van der Waals surface area contributed by atoms with Crippen LogP contribution in [0, 0.1) is 0 Å². The number of benzene rings is 1. The van der Waals surface area contributed by atoms with E-state index >= 15 is 0 Å². The van der Waals surface area contributed by atoms with E-state index < -0.39 is 5.91 Å². The van der Waals surface area contributed by atoms with Gasteiger partial charge in [0, 0.05) is 37.4 Å². The summed E-state index contributed by atoms with van der Waals surface area (Å²) in [7, 11) is 0. The molecule has 3 rings (SSSR count). The molecule has 120 valence electrons. The Labute approximate surface area is 135 Å². The number of rotatable bonds is 5. The van der Waals surface area contributed by atoms with Crippen LogP contribution in [0.5, 0.6) is 0 Å². The number of primary amides is 1. The van der Waals surface area contributed by atoms with Gasteiger partial charge in [-0.1, -0.05) is 12.1 Å². The largest absolute Gasteiger partial charge is 0.366 e. The Kier molecular flexibility index (Phi) is 4.83. The third kappa shape index (κ3) is 4.04. The van der Waals surface area contributed by atoms with Crippen molar-refractivity contribution in [3.8, 4) is 0 Å². The van der Waals surface area contributed by atoms with Gasteiger partial charge >= 0.3 is 0 Å². The maximum absolute atomic E-state index is 11.2. The molecule has 1 aliphatic rings. The Morgan fingerprint density at radius 2 is 2.26 bits per heavy atom. The van der Waals surface area contributed by atoms with Crippen molar-refractivity contribution in [2.24, 2.45) is 5.73 Å². The first-order valence-electron chi connectivity index (χ1n) is 7.87. The minimum atomic E-state index is -0.390. The molecule has 2 aromatic rings. The van der Waals surface area contributed by atoms with Crippen LogP contribution in [0.3, 0.4) is 0 Å². The fraction of sp³-hybridized carbons (Fsp3) is 0.353. The monoisotopic (exact) mass is 311 g/mol. The molecule has 1 aliphatic heterocycles. The quantitative estimate of drug-likeness (QED) is 0.870. The van der Waals surface area contributed by atoms with Gasteiger partial charge in [0.15, 0.2) is 5.82 Å². The van der Waals surface area contributed by atoms with Gasteiger partial charge in [-0.05, 0) is 42.7 Å². The second-order valence-corrected chi connectivity index (χ2v) is 5.81. The Morgan fingerprint density at radius 1 is 1.35 bits per heavy atom. The van der Waals surface area contributed by atoms with Crippen molar-refractivity contribution < 1.29 is 4.79 Å². The van der Waals surface area contributed by atoms with Crippen molar-refractivity contribution in [2.75, 3.05) is 18.0 Å². The summed E-state index contributed by atoms with van der Waals surface area (Å²) in [4.78, 5) is 13.5. The van der Waals surface area contributed by atoms with E-state index in [1.165, 1.54) is 0 Å². The topological polar surface area (TPSA) is 84.1 Å². The van der Waals surface area contributed by atoms with Gasteiger partial charge < -0.3 is 16.0 Å². The second-order valence-electron chi connectivity index (χ2n) is 5.81. The number of nitrogens with two attached hydrogens (primary N) is 1. The highest BCUT2D eigenvalue weighted by atomic mass is 16.1. The number of anilines is 1. The van der Waals surface area contributed by atoms with Gasteiger partial charge in [0.2, 0.25) is 5.91 Å².